The van der Waals surface area contributed by atoms with Crippen molar-refractivity contribution in [1.82, 2.24) is 9.38 Å². The van der Waals surface area contributed by atoms with Crippen LogP contribution in [0.4, 0.5) is 5.82 Å². The summed E-state index contributed by atoms with van der Waals surface area (Å²) in [5, 5.41) is 0. The molecule has 0 unspecified atom stereocenters. The van der Waals surface area contributed by atoms with Crippen molar-refractivity contribution in [3.8, 4) is 11.5 Å². The maximum Gasteiger partial charge on any atom is 0.158 e. The summed E-state index contributed by atoms with van der Waals surface area (Å²) < 4.78 is 7.32. The molecule has 4 nitrogen and oxygen atoms in total. The van der Waals surface area contributed by atoms with Crippen LogP contribution in [0.25, 0.3) is 17.1 Å². The van der Waals surface area contributed by atoms with E-state index < -0.39 is 0 Å². The minimum absolute atomic E-state index is 0.613. The maximum absolute atomic E-state index is 6.11. The summed E-state index contributed by atoms with van der Waals surface area (Å²) in [7, 11) is 0. The van der Waals surface area contributed by atoms with Gasteiger partial charge in [0, 0.05) is 6.20 Å². The van der Waals surface area contributed by atoms with Crippen LogP contribution in [0.5, 0.6) is 0 Å². The van der Waals surface area contributed by atoms with E-state index in [1.54, 1.807) is 6.26 Å². The van der Waals surface area contributed by atoms with Crippen molar-refractivity contribution in [2.24, 2.45) is 0 Å². The van der Waals surface area contributed by atoms with Crippen LogP contribution in [0.3, 0.4) is 0 Å². The number of furan rings is 1. The summed E-state index contributed by atoms with van der Waals surface area (Å²) in [6.07, 6.45) is 3.62. The molecule has 4 heteroatoms. The average molecular weight is 227 g/mol. The van der Waals surface area contributed by atoms with Gasteiger partial charge in [0.1, 0.15) is 17.2 Å². The highest BCUT2D eigenvalue weighted by Crippen LogP contribution is 2.29. The first-order valence-electron chi connectivity index (χ1n) is 5.45. The molecule has 3 aromatic heterocycles. The molecule has 86 valence electrons. The first-order valence-corrected chi connectivity index (χ1v) is 5.45. The Morgan fingerprint density at radius 2 is 2.06 bits per heavy atom. The molecule has 0 bridgehead atoms. The molecule has 0 radical (unpaired) electrons. The van der Waals surface area contributed by atoms with Crippen LogP contribution in [0, 0.1) is 13.8 Å². The predicted molar refractivity (Wildman–Crippen MR) is 66.8 cm³/mol. The van der Waals surface area contributed by atoms with E-state index in [-0.39, 0.29) is 0 Å². The zero-order valence-corrected chi connectivity index (χ0v) is 9.77. The van der Waals surface area contributed by atoms with Gasteiger partial charge in [-0.1, -0.05) is 6.07 Å². The first kappa shape index (κ1) is 9.96. The van der Waals surface area contributed by atoms with Gasteiger partial charge >= 0.3 is 0 Å². The Kier molecular flexibility index (Phi) is 1.98. The number of hydrogen-bond acceptors (Lipinski definition) is 3. The molecule has 3 rings (SSSR count). The van der Waals surface area contributed by atoms with Crippen molar-refractivity contribution >= 4 is 11.5 Å². The number of hydrogen-bond donors (Lipinski definition) is 1. The summed E-state index contributed by atoms with van der Waals surface area (Å²) in [5.41, 5.74) is 9.83. The molecule has 0 saturated heterocycles. The lowest BCUT2D eigenvalue weighted by atomic mass is 10.2. The van der Waals surface area contributed by atoms with E-state index in [0.717, 1.165) is 22.5 Å². The van der Waals surface area contributed by atoms with E-state index in [9.17, 15) is 0 Å². The lowest BCUT2D eigenvalue weighted by Gasteiger charge is -1.98. The van der Waals surface area contributed by atoms with Crippen molar-refractivity contribution in [3.63, 3.8) is 0 Å². The molecule has 0 aliphatic rings. The van der Waals surface area contributed by atoms with Gasteiger partial charge in [-0.05, 0) is 37.1 Å². The number of pyridine rings is 1. The first-order chi connectivity index (χ1) is 8.16. The fraction of sp³-hybridized carbons (Fsp3) is 0.154. The second-order valence-electron chi connectivity index (χ2n) is 4.21. The Bertz CT molecular complexity index is 694. The maximum atomic E-state index is 6.11. The Labute approximate surface area is 98.7 Å². The largest absolute Gasteiger partial charge is 0.462 e. The minimum Gasteiger partial charge on any atom is -0.462 e. The summed E-state index contributed by atoms with van der Waals surface area (Å²) in [4.78, 5) is 4.50. The standard InChI is InChI=1S/C13H13N3O/c1-8-3-4-10-15-11(13(14)16(10)7-8)12-9(2)5-6-17-12/h3-7H,14H2,1-2H3. The molecule has 0 aliphatic carbocycles. The Hall–Kier alpha value is -2.23. The topological polar surface area (TPSA) is 56.5 Å². The molecule has 2 N–H and O–H groups in total. The summed E-state index contributed by atoms with van der Waals surface area (Å²) in [6, 6.07) is 5.87. The molecule has 0 amide bonds. The third kappa shape index (κ3) is 1.41. The smallest absolute Gasteiger partial charge is 0.158 e. The van der Waals surface area contributed by atoms with Gasteiger partial charge in [0.25, 0.3) is 0 Å². The fourth-order valence-corrected chi connectivity index (χ4v) is 1.95. The Morgan fingerprint density at radius 1 is 1.24 bits per heavy atom. The van der Waals surface area contributed by atoms with Crippen LogP contribution in [0.1, 0.15) is 11.1 Å². The molecule has 0 spiro atoms. The molecule has 0 fully saturated rings. The van der Waals surface area contributed by atoms with Crippen LogP contribution in [0.15, 0.2) is 35.1 Å². The molecule has 3 heterocycles. The summed E-state index contributed by atoms with van der Waals surface area (Å²) in [6.45, 7) is 4.00. The van der Waals surface area contributed by atoms with Crippen LogP contribution in [-0.4, -0.2) is 9.38 Å². The predicted octanol–water partition coefficient (Wildman–Crippen LogP) is 2.79. The molecular weight excluding hydrogens is 214 g/mol. The average Bonchev–Trinajstić information content (AvgIpc) is 2.84. The van der Waals surface area contributed by atoms with E-state index in [0.29, 0.717) is 11.5 Å². The third-order valence-electron chi connectivity index (χ3n) is 2.88. The van der Waals surface area contributed by atoms with Crippen molar-refractivity contribution in [3.05, 3.63) is 41.8 Å². The number of imidazole rings is 1. The van der Waals surface area contributed by atoms with Gasteiger partial charge in [0.15, 0.2) is 5.76 Å². The van der Waals surface area contributed by atoms with Crippen LogP contribution in [0.2, 0.25) is 0 Å². The van der Waals surface area contributed by atoms with Gasteiger partial charge in [-0.15, -0.1) is 0 Å². The minimum atomic E-state index is 0.613. The van der Waals surface area contributed by atoms with E-state index in [1.807, 2.05) is 42.6 Å². The van der Waals surface area contributed by atoms with Gasteiger partial charge < -0.3 is 10.2 Å². The highest BCUT2D eigenvalue weighted by atomic mass is 16.3. The van der Waals surface area contributed by atoms with Crippen LogP contribution < -0.4 is 5.73 Å². The fourth-order valence-electron chi connectivity index (χ4n) is 1.95. The van der Waals surface area contributed by atoms with E-state index in [2.05, 4.69) is 4.98 Å². The van der Waals surface area contributed by atoms with E-state index in [1.165, 1.54) is 0 Å². The van der Waals surface area contributed by atoms with E-state index >= 15 is 0 Å². The lowest BCUT2D eigenvalue weighted by molar-refractivity contribution is 0.579. The number of nitrogens with zero attached hydrogens (tertiary/aromatic N) is 2. The summed E-state index contributed by atoms with van der Waals surface area (Å²) in [5.74, 6) is 1.35. The highest BCUT2D eigenvalue weighted by molar-refractivity contribution is 5.73. The monoisotopic (exact) mass is 227 g/mol. The summed E-state index contributed by atoms with van der Waals surface area (Å²) >= 11 is 0. The Balaban J connectivity index is 2.32. The number of nitrogen functional groups attached to an aromatic ring is 1. The number of aromatic nitrogens is 2. The molecule has 0 atom stereocenters. The molecule has 0 saturated carbocycles. The van der Waals surface area contributed by atoms with E-state index in [4.69, 9.17) is 10.2 Å². The third-order valence-corrected chi connectivity index (χ3v) is 2.88. The zero-order valence-electron chi connectivity index (χ0n) is 9.77. The van der Waals surface area contributed by atoms with Crippen molar-refractivity contribution in [2.45, 2.75) is 13.8 Å². The number of aryl methyl sites for hydroxylation is 2. The Morgan fingerprint density at radius 3 is 2.76 bits per heavy atom. The van der Waals surface area contributed by atoms with Crippen LogP contribution >= 0.6 is 0 Å². The van der Waals surface area contributed by atoms with Gasteiger partial charge in [-0.3, -0.25) is 4.40 Å². The highest BCUT2D eigenvalue weighted by Gasteiger charge is 2.15. The molecular formula is C13H13N3O. The number of rotatable bonds is 1. The van der Waals surface area contributed by atoms with Gasteiger partial charge in [-0.2, -0.15) is 0 Å². The SMILES string of the molecule is Cc1ccc2nc(-c3occc3C)c(N)n2c1. The van der Waals surface area contributed by atoms with Crippen molar-refractivity contribution in [2.75, 3.05) is 5.73 Å². The number of anilines is 1. The number of nitrogens with two attached hydrogens (primary N) is 1. The van der Waals surface area contributed by atoms with Crippen LogP contribution in [-0.2, 0) is 0 Å². The lowest BCUT2D eigenvalue weighted by Crippen LogP contribution is -1.94. The molecule has 0 aliphatic heterocycles. The van der Waals surface area contributed by atoms with Gasteiger partial charge in [-0.25, -0.2) is 4.98 Å². The molecule has 17 heavy (non-hydrogen) atoms. The van der Waals surface area contributed by atoms with Crippen molar-refractivity contribution in [1.29, 1.82) is 0 Å². The quantitative estimate of drug-likeness (QED) is 0.695. The second-order valence-corrected chi connectivity index (χ2v) is 4.21. The van der Waals surface area contributed by atoms with Gasteiger partial charge in [0.2, 0.25) is 0 Å². The second kappa shape index (κ2) is 3.38. The molecule has 3 aromatic rings. The van der Waals surface area contributed by atoms with Gasteiger partial charge in [0.05, 0.1) is 6.26 Å². The normalized spacial score (nSPS) is 11.2. The number of fused-ring (bicyclic) bond motifs is 1. The van der Waals surface area contributed by atoms with Crippen molar-refractivity contribution < 1.29 is 4.42 Å². The zero-order chi connectivity index (χ0) is 12.0. The molecule has 0 aromatic carbocycles.